The van der Waals surface area contributed by atoms with Crippen LogP contribution in [0.25, 0.3) is 0 Å². The molecule has 0 radical (unpaired) electrons. The third kappa shape index (κ3) is 22.9. The highest BCUT2D eigenvalue weighted by molar-refractivity contribution is 8.15. The van der Waals surface area contributed by atoms with E-state index in [0.717, 1.165) is 35.4 Å². The van der Waals surface area contributed by atoms with Crippen LogP contribution < -0.4 is 15.0 Å². The number of anilines is 1. The number of carbonyl (C=O) groups excluding carboxylic acids is 2. The SMILES string of the molecule is CN(CCOc1ccc(CC2SC(=O)NC2=O)cc1)c1ccccn1.O=C(O)/C=C\C(=O)O.OC[C@H]1O[C@@H]2O[C@H]3[C@H](O)[C@@H](O)[C@@H](O[C@H]4[C@H](O)[C@@H](O)[C@@H](O[C@H]5[C@H](O)[C@@H](O)[C@@H](O[C@H]6[C@H](O)[C@@H](O)[C@@H](O[C@H]7[C@@H](O)[C@H](O)[C@@H](O[C@H]8[C@H](O)[C@@H](O)[C@@H](O[C@H]9[C@@H](O)[C@H](O)[C@@H](O[C@H]1[C@H](O)[C@H]2O)O[C@@H]9CO)O[C@@H]8CO)O[C@@H]7CO)O[C@@H]6CO)O[C@@H]5CO)O[C@@H]4CO)O[C@@H]3CO. The van der Waals surface area contributed by atoms with E-state index >= 15 is 0 Å². The molecule has 31 aliphatic heterocycles. The average molecular weight is 1770 g/mol. The number of nitrogens with one attached hydrogen (secondary N) is 1. The molecule has 686 valence electrons. The Morgan fingerprint density at radius 1 is 0.380 bits per heavy atom. The molecule has 41 atom stereocenters. The number of carboxylic acid groups (broad SMARTS) is 2. The second-order valence-electron chi connectivity index (χ2n) is 29.2. The third-order valence-corrected chi connectivity index (χ3v) is 22.1. The first-order valence-corrected chi connectivity index (χ1v) is 38.8. The van der Waals surface area contributed by atoms with Gasteiger partial charge >= 0.3 is 11.9 Å². The van der Waals surface area contributed by atoms with E-state index in [4.69, 9.17) is 90.7 Å². The van der Waals surface area contributed by atoms with Gasteiger partial charge in [0, 0.05) is 25.4 Å². The summed E-state index contributed by atoms with van der Waals surface area (Å²) in [6.45, 7) is -7.37. The van der Waals surface area contributed by atoms with Crippen molar-refractivity contribution in [3.05, 3.63) is 66.4 Å². The maximum Gasteiger partial charge on any atom is 0.328 e. The molecule has 16 bridgehead atoms. The van der Waals surface area contributed by atoms with Gasteiger partial charge in [0.1, 0.15) is 214 Å². The Morgan fingerprint density at radius 3 is 0.826 bits per heavy atom. The van der Waals surface area contributed by atoms with Crippen molar-refractivity contribution in [2.45, 2.75) is 257 Å². The van der Waals surface area contributed by atoms with Crippen molar-refractivity contribution < 1.29 is 232 Å². The second kappa shape index (κ2) is 44.3. The van der Waals surface area contributed by atoms with Gasteiger partial charge in [-0.25, -0.2) is 14.6 Å². The molecule has 27 N–H and O–H groups in total. The molecule has 31 saturated heterocycles. The monoisotopic (exact) mass is 1770 g/mol. The largest absolute Gasteiger partial charge is 0.492 e. The predicted octanol–water partition coefficient (Wildman–Crippen LogP) is -15.2. The molecule has 31 fully saturated rings. The van der Waals surface area contributed by atoms with Crippen LogP contribution >= 0.6 is 11.8 Å². The van der Waals surface area contributed by atoms with Gasteiger partial charge in [0.15, 0.2) is 50.3 Å². The number of pyridine rings is 1. The number of hydrogen-bond donors (Lipinski definition) is 27. The van der Waals surface area contributed by atoms with Crippen molar-refractivity contribution in [1.29, 1.82) is 0 Å². The second-order valence-corrected chi connectivity index (χ2v) is 30.3. The smallest absolute Gasteiger partial charge is 0.328 e. The van der Waals surface area contributed by atoms with Crippen molar-refractivity contribution in [2.75, 3.05) is 78.0 Å². The van der Waals surface area contributed by atoms with Gasteiger partial charge in [0.2, 0.25) is 5.91 Å². The normalized spacial score (nSPS) is 44.3. The number of benzene rings is 1. The number of nitrogens with zero attached hydrogens (tertiary/aromatic N) is 2. The summed E-state index contributed by atoms with van der Waals surface area (Å²) in [6.07, 6.45) is -78.5. The van der Waals surface area contributed by atoms with Gasteiger partial charge in [-0.2, -0.15) is 0 Å². The minimum atomic E-state index is -2.25. The van der Waals surface area contributed by atoms with Crippen molar-refractivity contribution in [1.82, 2.24) is 10.3 Å². The van der Waals surface area contributed by atoms with Crippen molar-refractivity contribution in [2.24, 2.45) is 0 Å². The number of aliphatic hydroxyl groups is 24. The first-order valence-electron chi connectivity index (χ1n) is 37.9. The molecule has 50 nitrogen and oxygen atoms in total. The van der Waals surface area contributed by atoms with Gasteiger partial charge in [0.05, 0.1) is 64.6 Å². The molecular weight excluding hydrogens is 1670 g/mol. The lowest BCUT2D eigenvalue weighted by Gasteiger charge is -2.50. The number of likely N-dealkylation sites (N-methyl/N-ethyl adjacent to an activating group) is 1. The van der Waals surface area contributed by atoms with Crippen molar-refractivity contribution in [3.8, 4) is 5.75 Å². The van der Waals surface area contributed by atoms with E-state index in [1.54, 1.807) is 6.20 Å². The number of aromatic nitrogens is 1. The van der Waals surface area contributed by atoms with Gasteiger partial charge in [-0.05, 0) is 36.2 Å². The standard InChI is InChI=1S/C48H80O40.C18H19N3O3S.C4H4O4/c49-1-9-33-17(57)25(65)41(73-9)82-34-10(2-50)75-43(27(67)19(34)59)84-36-12(4-52)77-45(29(69)21(36)61)86-38-14(6-54)79-47(31(71)23(38)63)88-40-16(8-56)80-48(32(72)24(40)64)87-39-15(7-55)78-46(30(70)22(39)62)85-37-13(5-53)76-44(28(68)20(37)60)83-35-11(3-51)74-42(81-33)26(66)18(35)58;1-21(16-4-2-3-9-19-16)10-11-24-14-7-5-13(6-8-14)12-15-17(22)20-18(23)25-15;5-3(6)1-2-4(7)8/h9-72H,1-8H2;2-9,15H,10-12H2,1H3,(H,20,22,23);1-2H,(H,5,6)(H,7,8)/b;;2-1-/t9-,10-,11-,12-,13-,14-,15-,16-,17-,18-,19-,20-,21-,22+,23+,24-,25-,26-,27-,28-,29-,30+,31+,32-,33-,34-,35-,36-,37-,38-,39-,40-,41-,42-,43-,44-,45-,46-,47-,48-;;/m1../s1. The zero-order valence-electron chi connectivity index (χ0n) is 63.7. The molecule has 1 aromatic heterocycles. The zero-order chi connectivity index (χ0) is 88.3. The number of carboxylic acids is 2. The summed E-state index contributed by atoms with van der Waals surface area (Å²) in [4.78, 5) is 48.2. The topological polar surface area (TPSA) is 779 Å². The number of aliphatic carboxylic acids is 2. The van der Waals surface area contributed by atoms with E-state index in [0.29, 0.717) is 25.2 Å². The fourth-order valence-corrected chi connectivity index (χ4v) is 15.4. The molecule has 32 heterocycles. The van der Waals surface area contributed by atoms with E-state index in [2.05, 4.69) is 10.3 Å². The highest BCUT2D eigenvalue weighted by Gasteiger charge is 2.61. The zero-order valence-corrected chi connectivity index (χ0v) is 64.5. The first-order chi connectivity index (χ1) is 57.6. The number of aliphatic hydroxyl groups excluding tert-OH is 24. The minimum Gasteiger partial charge on any atom is -0.492 e. The number of rotatable bonds is 17. The van der Waals surface area contributed by atoms with Gasteiger partial charge in [-0.1, -0.05) is 30.0 Å². The lowest BCUT2D eigenvalue weighted by molar-refractivity contribution is -0.404. The van der Waals surface area contributed by atoms with Crippen LogP contribution in [0.4, 0.5) is 10.6 Å². The van der Waals surface area contributed by atoms with Crippen molar-refractivity contribution >= 4 is 40.7 Å². The number of thioether (sulfide) groups is 1. The van der Waals surface area contributed by atoms with Crippen LogP contribution in [0.1, 0.15) is 5.56 Å². The Bertz CT molecular complexity index is 3120. The van der Waals surface area contributed by atoms with Crippen LogP contribution in [0, 0.1) is 0 Å². The van der Waals surface area contributed by atoms with Gasteiger partial charge < -0.3 is 218 Å². The van der Waals surface area contributed by atoms with Crippen LogP contribution in [0.15, 0.2) is 60.8 Å². The lowest BCUT2D eigenvalue weighted by Crippen LogP contribution is -2.69. The van der Waals surface area contributed by atoms with E-state index < -0.39 is 310 Å². The Balaban J connectivity index is 0.000000384. The van der Waals surface area contributed by atoms with Gasteiger partial charge in [-0.3, -0.25) is 14.9 Å². The van der Waals surface area contributed by atoms with Crippen LogP contribution in [-0.4, -0.2) is 485 Å². The first kappa shape index (κ1) is 97.7. The third-order valence-electron chi connectivity index (χ3n) is 21.1. The molecule has 31 aliphatic rings. The number of hydrogen-bond acceptors (Lipinski definition) is 48. The highest BCUT2D eigenvalue weighted by Crippen LogP contribution is 2.40. The van der Waals surface area contributed by atoms with Crippen LogP contribution in [0.5, 0.6) is 5.75 Å². The van der Waals surface area contributed by atoms with E-state index in [-0.39, 0.29) is 16.4 Å². The number of imide groups is 1. The quantitative estimate of drug-likeness (QED) is 0.0654. The Labute approximate surface area is 688 Å². The van der Waals surface area contributed by atoms with Crippen molar-refractivity contribution in [3.63, 3.8) is 0 Å². The number of amides is 2. The van der Waals surface area contributed by atoms with Crippen LogP contribution in [0.2, 0.25) is 0 Å². The molecule has 2 aromatic rings. The maximum absolute atomic E-state index is 11.6. The summed E-state index contributed by atoms with van der Waals surface area (Å²) in [5.74, 6) is -1.05. The Kier molecular flexibility index (Phi) is 35.8. The van der Waals surface area contributed by atoms with E-state index in [1.807, 2.05) is 54.4 Å². The molecule has 0 saturated carbocycles. The molecule has 33 rings (SSSR count). The van der Waals surface area contributed by atoms with E-state index in [1.165, 1.54) is 0 Å². The lowest BCUT2D eigenvalue weighted by atomic mass is 9.94. The fourth-order valence-electron chi connectivity index (χ4n) is 14.5. The summed E-state index contributed by atoms with van der Waals surface area (Å²) in [6, 6.07) is 13.4. The molecule has 1 unspecified atom stereocenters. The Hall–Kier alpha value is -5.46. The van der Waals surface area contributed by atoms with Crippen LogP contribution in [0.3, 0.4) is 0 Å². The molecule has 0 spiro atoms. The molecule has 0 aliphatic carbocycles. The van der Waals surface area contributed by atoms with E-state index in [9.17, 15) is 142 Å². The average Bonchev–Trinajstić information content (AvgIpc) is 1.01. The summed E-state index contributed by atoms with van der Waals surface area (Å²) < 4.78 is 96.8. The molecule has 2 amide bonds. The van der Waals surface area contributed by atoms with Gasteiger partial charge in [-0.15, -0.1) is 0 Å². The predicted molar refractivity (Wildman–Crippen MR) is 384 cm³/mol. The molecule has 121 heavy (non-hydrogen) atoms. The molecule has 51 heteroatoms. The molecule has 1 aromatic carbocycles. The minimum absolute atomic E-state index is 0.215. The summed E-state index contributed by atoms with van der Waals surface area (Å²) in [5, 5.41) is 282. The van der Waals surface area contributed by atoms with Crippen LogP contribution in [-0.2, 0) is 96.6 Å². The highest BCUT2D eigenvalue weighted by atomic mass is 32.2. The summed E-state index contributed by atoms with van der Waals surface area (Å²) in [5.41, 5.74) is 1.00. The van der Waals surface area contributed by atoms with Gasteiger partial charge in [0.25, 0.3) is 5.24 Å². The number of ether oxygens (including phenoxy) is 17. The molecular formula is C70H103N3O47S. The fraction of sp³-hybridized carbons (Fsp3) is 0.757. The number of carbonyl (C=O) groups is 4. The Morgan fingerprint density at radius 2 is 0.628 bits per heavy atom. The summed E-state index contributed by atoms with van der Waals surface area (Å²) in [7, 11) is 1.97. The maximum atomic E-state index is 11.6. The summed E-state index contributed by atoms with van der Waals surface area (Å²) >= 11 is 1.05.